The Morgan fingerprint density at radius 1 is 1.20 bits per heavy atom. The van der Waals surface area contributed by atoms with Crippen LogP contribution in [-0.4, -0.2) is 14.1 Å². The first-order valence-electron chi connectivity index (χ1n) is 5.19. The summed E-state index contributed by atoms with van der Waals surface area (Å²) in [6, 6.07) is 8.41. The van der Waals surface area contributed by atoms with Gasteiger partial charge in [-0.05, 0) is 31.5 Å². The topological polar surface area (TPSA) is 12.5 Å². The third kappa shape index (κ3) is 3.31. The molecule has 0 aliphatic rings. The Balaban J connectivity index is 2.70. The van der Waals surface area contributed by atoms with Crippen LogP contribution in [0.5, 0.6) is 0 Å². The van der Waals surface area contributed by atoms with Gasteiger partial charge in [-0.2, -0.15) is 0 Å². The maximum absolute atomic E-state index is 5.48. The van der Waals surface area contributed by atoms with Crippen LogP contribution < -0.4 is 4.90 Å². The number of rotatable bonds is 4. The smallest absolute Gasteiger partial charge is 0.120 e. The molecule has 0 radical (unpaired) electrons. The SMILES string of the molecule is CC=COC(C)c1ccc(N(C)C)cc1. The lowest BCUT2D eigenvalue weighted by molar-refractivity contribution is 0.164. The Hall–Kier alpha value is -1.44. The van der Waals surface area contributed by atoms with Crippen molar-refractivity contribution in [1.82, 2.24) is 0 Å². The maximum Gasteiger partial charge on any atom is 0.120 e. The van der Waals surface area contributed by atoms with E-state index in [9.17, 15) is 0 Å². The number of hydrogen-bond acceptors (Lipinski definition) is 2. The van der Waals surface area contributed by atoms with Crippen molar-refractivity contribution in [2.75, 3.05) is 19.0 Å². The van der Waals surface area contributed by atoms with Crippen molar-refractivity contribution in [2.45, 2.75) is 20.0 Å². The number of hydrogen-bond donors (Lipinski definition) is 0. The molecule has 1 atom stereocenters. The van der Waals surface area contributed by atoms with Crippen LogP contribution in [0.1, 0.15) is 25.5 Å². The average Bonchev–Trinajstić information content (AvgIpc) is 2.26. The summed E-state index contributed by atoms with van der Waals surface area (Å²) in [6.45, 7) is 3.99. The van der Waals surface area contributed by atoms with Crippen LogP contribution in [0.3, 0.4) is 0 Å². The highest BCUT2D eigenvalue weighted by Gasteiger charge is 2.04. The van der Waals surface area contributed by atoms with E-state index in [1.165, 1.54) is 11.3 Å². The van der Waals surface area contributed by atoms with Crippen molar-refractivity contribution in [3.63, 3.8) is 0 Å². The third-order valence-corrected chi connectivity index (χ3v) is 2.30. The van der Waals surface area contributed by atoms with Gasteiger partial charge in [0.25, 0.3) is 0 Å². The average molecular weight is 205 g/mol. The van der Waals surface area contributed by atoms with Crippen LogP contribution in [-0.2, 0) is 4.74 Å². The second kappa shape index (κ2) is 5.44. The molecule has 0 N–H and O–H groups in total. The Morgan fingerprint density at radius 2 is 1.80 bits per heavy atom. The Kier molecular flexibility index (Phi) is 4.22. The second-order valence-corrected chi connectivity index (χ2v) is 3.73. The summed E-state index contributed by atoms with van der Waals surface area (Å²) >= 11 is 0. The van der Waals surface area contributed by atoms with E-state index in [1.807, 2.05) is 34.0 Å². The predicted molar refractivity (Wildman–Crippen MR) is 65.1 cm³/mol. The molecule has 2 nitrogen and oxygen atoms in total. The van der Waals surface area contributed by atoms with Crippen LogP contribution in [0.4, 0.5) is 5.69 Å². The van der Waals surface area contributed by atoms with Gasteiger partial charge in [-0.3, -0.25) is 0 Å². The molecule has 82 valence electrons. The van der Waals surface area contributed by atoms with Crippen LogP contribution in [0.2, 0.25) is 0 Å². The van der Waals surface area contributed by atoms with Gasteiger partial charge in [-0.25, -0.2) is 0 Å². The molecule has 0 saturated heterocycles. The lowest BCUT2D eigenvalue weighted by atomic mass is 10.1. The largest absolute Gasteiger partial charge is 0.494 e. The second-order valence-electron chi connectivity index (χ2n) is 3.73. The molecule has 0 heterocycles. The molecule has 0 aliphatic heterocycles. The van der Waals surface area contributed by atoms with Crippen molar-refractivity contribution >= 4 is 5.69 Å². The summed E-state index contributed by atoms with van der Waals surface area (Å²) in [5.41, 5.74) is 2.40. The number of anilines is 1. The monoisotopic (exact) mass is 205 g/mol. The molecule has 1 aromatic rings. The Bertz CT molecular complexity index is 314. The summed E-state index contributed by atoms with van der Waals surface area (Å²) < 4.78 is 5.48. The molecule has 1 unspecified atom stereocenters. The molecule has 0 aliphatic carbocycles. The molecule has 1 rings (SSSR count). The fourth-order valence-corrected chi connectivity index (χ4v) is 1.32. The van der Waals surface area contributed by atoms with Crippen LogP contribution in [0.15, 0.2) is 36.6 Å². The van der Waals surface area contributed by atoms with E-state index >= 15 is 0 Å². The van der Waals surface area contributed by atoms with Gasteiger partial charge in [0.05, 0.1) is 6.26 Å². The first-order valence-corrected chi connectivity index (χ1v) is 5.19. The van der Waals surface area contributed by atoms with Crippen molar-refractivity contribution in [2.24, 2.45) is 0 Å². The van der Waals surface area contributed by atoms with Gasteiger partial charge in [-0.15, -0.1) is 0 Å². The molecule has 0 saturated carbocycles. The maximum atomic E-state index is 5.48. The zero-order valence-corrected chi connectivity index (χ0v) is 9.90. The lowest BCUT2D eigenvalue weighted by Crippen LogP contribution is -2.08. The van der Waals surface area contributed by atoms with Crippen LogP contribution in [0, 0.1) is 0 Å². The van der Waals surface area contributed by atoms with E-state index in [0.717, 1.165) is 0 Å². The van der Waals surface area contributed by atoms with Gasteiger partial charge in [0.15, 0.2) is 0 Å². The van der Waals surface area contributed by atoms with Crippen molar-refractivity contribution < 1.29 is 4.74 Å². The fraction of sp³-hybridized carbons (Fsp3) is 0.385. The normalized spacial score (nSPS) is 12.8. The van der Waals surface area contributed by atoms with Crippen molar-refractivity contribution in [1.29, 1.82) is 0 Å². The van der Waals surface area contributed by atoms with Gasteiger partial charge in [0.2, 0.25) is 0 Å². The molecular formula is C13H19NO. The minimum absolute atomic E-state index is 0.109. The molecule has 0 fully saturated rings. The van der Waals surface area contributed by atoms with Gasteiger partial charge in [0.1, 0.15) is 6.10 Å². The minimum atomic E-state index is 0.109. The van der Waals surface area contributed by atoms with Crippen LogP contribution >= 0.6 is 0 Å². The number of nitrogens with zero attached hydrogens (tertiary/aromatic N) is 1. The minimum Gasteiger partial charge on any atom is -0.494 e. The molecule has 0 amide bonds. The van der Waals surface area contributed by atoms with E-state index in [4.69, 9.17) is 4.74 Å². The molecule has 15 heavy (non-hydrogen) atoms. The highest BCUT2D eigenvalue weighted by molar-refractivity contribution is 5.46. The highest BCUT2D eigenvalue weighted by atomic mass is 16.5. The standard InChI is InChI=1S/C13H19NO/c1-5-10-15-11(2)12-6-8-13(9-7-12)14(3)4/h5-11H,1-4H3. The number of benzene rings is 1. The highest BCUT2D eigenvalue weighted by Crippen LogP contribution is 2.20. The van der Waals surface area contributed by atoms with Crippen LogP contribution in [0.25, 0.3) is 0 Å². The summed E-state index contributed by atoms with van der Waals surface area (Å²) in [7, 11) is 4.07. The first-order chi connectivity index (χ1) is 7.15. The van der Waals surface area contributed by atoms with Gasteiger partial charge in [0, 0.05) is 19.8 Å². The number of ether oxygens (including phenoxy) is 1. The molecule has 0 aromatic heterocycles. The third-order valence-electron chi connectivity index (χ3n) is 2.30. The van der Waals surface area contributed by atoms with Gasteiger partial charge in [-0.1, -0.05) is 18.2 Å². The summed E-state index contributed by atoms with van der Waals surface area (Å²) in [4.78, 5) is 2.08. The Morgan fingerprint density at radius 3 is 2.27 bits per heavy atom. The van der Waals surface area contributed by atoms with E-state index in [-0.39, 0.29) is 6.10 Å². The fourth-order valence-electron chi connectivity index (χ4n) is 1.32. The summed E-state index contributed by atoms with van der Waals surface area (Å²) in [6.07, 6.45) is 3.73. The molecule has 0 spiro atoms. The molecule has 0 bridgehead atoms. The zero-order chi connectivity index (χ0) is 11.3. The first kappa shape index (κ1) is 11.6. The zero-order valence-electron chi connectivity index (χ0n) is 9.90. The van der Waals surface area contributed by atoms with Gasteiger partial charge >= 0.3 is 0 Å². The quantitative estimate of drug-likeness (QED) is 0.699. The summed E-state index contributed by atoms with van der Waals surface area (Å²) in [5, 5.41) is 0. The van der Waals surface area contributed by atoms with E-state index in [2.05, 4.69) is 29.2 Å². The van der Waals surface area contributed by atoms with E-state index in [1.54, 1.807) is 6.26 Å². The summed E-state index contributed by atoms with van der Waals surface area (Å²) in [5.74, 6) is 0. The van der Waals surface area contributed by atoms with Crippen molar-refractivity contribution in [3.05, 3.63) is 42.2 Å². The van der Waals surface area contributed by atoms with Gasteiger partial charge < -0.3 is 9.64 Å². The number of allylic oxidation sites excluding steroid dienone is 1. The predicted octanol–water partition coefficient (Wildman–Crippen LogP) is 3.36. The molecule has 2 heteroatoms. The molecular weight excluding hydrogens is 186 g/mol. The lowest BCUT2D eigenvalue weighted by Gasteiger charge is -2.15. The van der Waals surface area contributed by atoms with E-state index < -0.39 is 0 Å². The Labute approximate surface area is 92.2 Å². The molecule has 1 aromatic carbocycles. The van der Waals surface area contributed by atoms with Crippen molar-refractivity contribution in [3.8, 4) is 0 Å². The van der Waals surface area contributed by atoms with E-state index in [0.29, 0.717) is 0 Å².